The number of nitrogens with one attached hydrogen (secondary N) is 2. The predicted octanol–water partition coefficient (Wildman–Crippen LogP) is 6.10. The molecular weight excluding hydrogens is 461 g/mol. The van der Waals surface area contributed by atoms with E-state index in [4.69, 9.17) is 23.2 Å². The minimum atomic E-state index is -4.59. The summed E-state index contributed by atoms with van der Waals surface area (Å²) in [7, 11) is 0. The first kappa shape index (κ1) is 23.7. The van der Waals surface area contributed by atoms with Gasteiger partial charge in [0.1, 0.15) is 0 Å². The standard InChI is InChI=1S/C16H12Cl2F6N6/c1-7(27-29-13-11(17)3-9(5-25-13)15(19,20)21)8(2)28-30-14-12(18)4-10(6-26-14)16(22,23)24/h3-6H,1-2H3,(H,25,29)(H,26,30)/b27-7+,28-8+. The van der Waals surface area contributed by atoms with E-state index in [1.807, 2.05) is 0 Å². The zero-order valence-corrected chi connectivity index (χ0v) is 16.6. The Morgan fingerprint density at radius 1 is 0.767 bits per heavy atom. The third-order valence-electron chi connectivity index (χ3n) is 3.52. The van der Waals surface area contributed by atoms with Crippen molar-refractivity contribution in [1.29, 1.82) is 0 Å². The monoisotopic (exact) mass is 472 g/mol. The van der Waals surface area contributed by atoms with Crippen molar-refractivity contribution in [3.05, 3.63) is 45.7 Å². The fraction of sp³-hybridized carbons (Fsp3) is 0.250. The van der Waals surface area contributed by atoms with Crippen molar-refractivity contribution >= 4 is 46.3 Å². The molecule has 14 heteroatoms. The van der Waals surface area contributed by atoms with Crippen molar-refractivity contribution in [2.24, 2.45) is 10.2 Å². The molecule has 30 heavy (non-hydrogen) atoms. The second-order valence-corrected chi connectivity index (χ2v) is 6.54. The highest BCUT2D eigenvalue weighted by Crippen LogP contribution is 2.33. The Labute approximate surface area is 176 Å². The lowest BCUT2D eigenvalue weighted by Gasteiger charge is -2.10. The number of hydrogen-bond donors (Lipinski definition) is 2. The molecule has 162 valence electrons. The molecule has 0 atom stereocenters. The van der Waals surface area contributed by atoms with Crippen LogP contribution in [0, 0.1) is 0 Å². The lowest BCUT2D eigenvalue weighted by Crippen LogP contribution is -2.12. The number of aromatic nitrogens is 2. The average Bonchev–Trinajstić information content (AvgIpc) is 2.63. The third kappa shape index (κ3) is 6.20. The summed E-state index contributed by atoms with van der Waals surface area (Å²) in [5.41, 5.74) is 3.33. The van der Waals surface area contributed by atoms with Gasteiger partial charge in [-0.3, -0.25) is 10.9 Å². The SMILES string of the molecule is CC(=N\Nc1ncc(C(F)(F)F)cc1Cl)/C(C)=N/Nc1ncc(C(F)(F)F)cc1Cl. The molecule has 2 aromatic heterocycles. The number of halogens is 8. The van der Waals surface area contributed by atoms with Crippen molar-refractivity contribution < 1.29 is 26.3 Å². The maximum absolute atomic E-state index is 12.6. The highest BCUT2D eigenvalue weighted by molar-refractivity contribution is 6.41. The summed E-state index contributed by atoms with van der Waals surface area (Å²) >= 11 is 11.5. The van der Waals surface area contributed by atoms with E-state index in [0.29, 0.717) is 24.5 Å². The van der Waals surface area contributed by atoms with Crippen LogP contribution >= 0.6 is 23.2 Å². The zero-order valence-electron chi connectivity index (χ0n) is 15.1. The molecule has 0 unspecified atom stereocenters. The molecule has 0 aliphatic heterocycles. The van der Waals surface area contributed by atoms with Crippen molar-refractivity contribution in [3.63, 3.8) is 0 Å². The van der Waals surface area contributed by atoms with Crippen LogP contribution in [0.25, 0.3) is 0 Å². The van der Waals surface area contributed by atoms with Crippen LogP contribution in [0.1, 0.15) is 25.0 Å². The fourth-order valence-electron chi connectivity index (χ4n) is 1.79. The van der Waals surface area contributed by atoms with Gasteiger partial charge in [0, 0.05) is 12.4 Å². The van der Waals surface area contributed by atoms with Gasteiger partial charge in [0.2, 0.25) is 0 Å². The average molecular weight is 473 g/mol. The van der Waals surface area contributed by atoms with Gasteiger partial charge < -0.3 is 0 Å². The topological polar surface area (TPSA) is 74.6 Å². The molecule has 2 aromatic rings. The van der Waals surface area contributed by atoms with Gasteiger partial charge in [-0.15, -0.1) is 0 Å². The maximum atomic E-state index is 12.6. The number of anilines is 2. The molecule has 2 heterocycles. The summed E-state index contributed by atoms with van der Waals surface area (Å²) in [6.45, 7) is 3.01. The van der Waals surface area contributed by atoms with E-state index >= 15 is 0 Å². The Bertz CT molecular complexity index is 908. The highest BCUT2D eigenvalue weighted by atomic mass is 35.5. The molecule has 0 saturated heterocycles. The Morgan fingerprint density at radius 3 is 1.37 bits per heavy atom. The quantitative estimate of drug-likeness (QED) is 0.313. The summed E-state index contributed by atoms with van der Waals surface area (Å²) in [4.78, 5) is 7.13. The minimum absolute atomic E-state index is 0.114. The Hall–Kier alpha value is -2.60. The third-order valence-corrected chi connectivity index (χ3v) is 4.10. The van der Waals surface area contributed by atoms with Crippen molar-refractivity contribution in [3.8, 4) is 0 Å². The first-order valence-electron chi connectivity index (χ1n) is 7.85. The zero-order chi connectivity index (χ0) is 22.7. The number of nitrogens with zero attached hydrogens (tertiary/aromatic N) is 4. The van der Waals surface area contributed by atoms with Crippen LogP contribution in [0.5, 0.6) is 0 Å². The second-order valence-electron chi connectivity index (χ2n) is 5.72. The van der Waals surface area contributed by atoms with E-state index in [9.17, 15) is 26.3 Å². The van der Waals surface area contributed by atoms with Crippen molar-refractivity contribution in [2.45, 2.75) is 26.2 Å². The van der Waals surface area contributed by atoms with E-state index in [-0.39, 0.29) is 33.1 Å². The lowest BCUT2D eigenvalue weighted by molar-refractivity contribution is -0.138. The second kappa shape index (κ2) is 9.04. The highest BCUT2D eigenvalue weighted by Gasteiger charge is 2.32. The molecule has 0 spiro atoms. The summed E-state index contributed by atoms with van der Waals surface area (Å²) in [5.74, 6) is -0.227. The first-order chi connectivity index (χ1) is 13.8. The van der Waals surface area contributed by atoms with Crippen LogP contribution in [0.4, 0.5) is 38.0 Å². The van der Waals surface area contributed by atoms with Crippen LogP contribution in [-0.2, 0) is 12.4 Å². The lowest BCUT2D eigenvalue weighted by atomic mass is 10.3. The first-order valence-corrected chi connectivity index (χ1v) is 8.61. The van der Waals surface area contributed by atoms with E-state index < -0.39 is 23.5 Å². The molecule has 0 bridgehead atoms. The van der Waals surface area contributed by atoms with Gasteiger partial charge >= 0.3 is 12.4 Å². The van der Waals surface area contributed by atoms with Crippen LogP contribution in [-0.4, -0.2) is 21.4 Å². The number of hydrazone groups is 2. The number of alkyl halides is 6. The van der Waals surface area contributed by atoms with Crippen molar-refractivity contribution in [2.75, 3.05) is 10.9 Å². The number of rotatable bonds is 5. The van der Waals surface area contributed by atoms with Crippen molar-refractivity contribution in [1.82, 2.24) is 9.97 Å². The molecule has 0 fully saturated rings. The summed E-state index contributed by atoms with van der Waals surface area (Å²) in [5, 5.41) is 7.19. The molecule has 2 N–H and O–H groups in total. The van der Waals surface area contributed by atoms with Crippen LogP contribution < -0.4 is 10.9 Å². The maximum Gasteiger partial charge on any atom is 0.417 e. The van der Waals surface area contributed by atoms with Gasteiger partial charge in [-0.1, -0.05) is 23.2 Å². The Kier molecular flexibility index (Phi) is 7.14. The largest absolute Gasteiger partial charge is 0.417 e. The predicted molar refractivity (Wildman–Crippen MR) is 102 cm³/mol. The number of hydrogen-bond acceptors (Lipinski definition) is 6. The van der Waals surface area contributed by atoms with E-state index in [1.54, 1.807) is 0 Å². The molecule has 0 aliphatic carbocycles. The smallest absolute Gasteiger partial charge is 0.260 e. The molecule has 0 radical (unpaired) electrons. The normalized spacial score (nSPS) is 13.4. The summed E-state index contributed by atoms with van der Waals surface area (Å²) < 4.78 is 75.7. The summed E-state index contributed by atoms with van der Waals surface area (Å²) in [6.07, 6.45) is -7.98. The van der Waals surface area contributed by atoms with Gasteiger partial charge in [-0.25, -0.2) is 9.97 Å². The van der Waals surface area contributed by atoms with E-state index in [0.717, 1.165) is 0 Å². The van der Waals surface area contributed by atoms with E-state index in [1.165, 1.54) is 13.8 Å². The molecule has 0 amide bonds. The molecule has 2 rings (SSSR count). The molecule has 0 aromatic carbocycles. The fourth-order valence-corrected chi connectivity index (χ4v) is 2.20. The summed E-state index contributed by atoms with van der Waals surface area (Å²) in [6, 6.07) is 1.39. The van der Waals surface area contributed by atoms with Crippen LogP contribution in [0.2, 0.25) is 10.0 Å². The Morgan fingerprint density at radius 2 is 1.10 bits per heavy atom. The van der Waals surface area contributed by atoms with Gasteiger partial charge in [-0.2, -0.15) is 36.5 Å². The van der Waals surface area contributed by atoms with Gasteiger partial charge in [-0.05, 0) is 26.0 Å². The molecular formula is C16H12Cl2F6N6. The van der Waals surface area contributed by atoms with Crippen LogP contribution in [0.15, 0.2) is 34.7 Å². The van der Waals surface area contributed by atoms with Gasteiger partial charge in [0.25, 0.3) is 0 Å². The van der Waals surface area contributed by atoms with Gasteiger partial charge in [0.05, 0.1) is 32.6 Å². The van der Waals surface area contributed by atoms with Gasteiger partial charge in [0.15, 0.2) is 11.6 Å². The number of pyridine rings is 2. The Balaban J connectivity index is 2.09. The molecule has 0 saturated carbocycles. The minimum Gasteiger partial charge on any atom is -0.260 e. The molecule has 0 aliphatic rings. The van der Waals surface area contributed by atoms with Crippen LogP contribution in [0.3, 0.4) is 0 Å². The molecule has 6 nitrogen and oxygen atoms in total. The van der Waals surface area contributed by atoms with E-state index in [2.05, 4.69) is 31.0 Å².